The fraction of sp³-hybridized carbons (Fsp3) is 0.619. The van der Waals surface area contributed by atoms with Crippen LogP contribution in [0, 0.1) is 0 Å². The van der Waals surface area contributed by atoms with E-state index in [2.05, 4.69) is 50.3 Å². The molecule has 23 heavy (non-hydrogen) atoms. The summed E-state index contributed by atoms with van der Waals surface area (Å²) in [7, 11) is 0. The highest BCUT2D eigenvalue weighted by molar-refractivity contribution is 5.31. The van der Waals surface area contributed by atoms with Gasteiger partial charge in [0.1, 0.15) is 5.60 Å². The minimum atomic E-state index is -0.175. The lowest BCUT2D eigenvalue weighted by Gasteiger charge is -2.39. The largest absolute Gasteiger partial charge is 0.498 e. The Labute approximate surface area is 140 Å². The molecule has 2 nitrogen and oxygen atoms in total. The van der Waals surface area contributed by atoms with E-state index in [0.29, 0.717) is 0 Å². The Morgan fingerprint density at radius 3 is 2.57 bits per heavy atom. The summed E-state index contributed by atoms with van der Waals surface area (Å²) in [6, 6.07) is 10.7. The van der Waals surface area contributed by atoms with Gasteiger partial charge >= 0.3 is 0 Å². The Hall–Kier alpha value is -1.28. The second-order valence-electron chi connectivity index (χ2n) is 7.12. The van der Waals surface area contributed by atoms with E-state index in [1.54, 1.807) is 0 Å². The molecular weight excluding hydrogens is 284 g/mol. The van der Waals surface area contributed by atoms with E-state index in [1.165, 1.54) is 24.8 Å². The predicted octanol–water partition coefficient (Wildman–Crippen LogP) is 5.73. The van der Waals surface area contributed by atoms with Gasteiger partial charge in [-0.1, -0.05) is 63.4 Å². The predicted molar refractivity (Wildman–Crippen MR) is 94.3 cm³/mol. The molecule has 0 spiro atoms. The number of benzene rings is 1. The Morgan fingerprint density at radius 1 is 1.04 bits per heavy atom. The highest BCUT2D eigenvalue weighted by Gasteiger charge is 2.52. The molecule has 2 aliphatic heterocycles. The lowest BCUT2D eigenvalue weighted by Crippen LogP contribution is -2.37. The van der Waals surface area contributed by atoms with Crippen molar-refractivity contribution in [2.75, 3.05) is 6.61 Å². The molecule has 1 fully saturated rings. The SMILES string of the molecule is CCCCOC1=C[C@]2(CCCC)CC[C@](c3ccccc3)(C1)O2. The molecule has 2 aliphatic rings. The van der Waals surface area contributed by atoms with Crippen molar-refractivity contribution in [3.8, 4) is 0 Å². The fourth-order valence-electron chi connectivity index (χ4n) is 3.97. The highest BCUT2D eigenvalue weighted by atomic mass is 16.5. The summed E-state index contributed by atoms with van der Waals surface area (Å²) in [5.74, 6) is 1.15. The molecule has 3 rings (SSSR count). The van der Waals surface area contributed by atoms with Crippen LogP contribution in [0.3, 0.4) is 0 Å². The normalized spacial score (nSPS) is 29.4. The van der Waals surface area contributed by atoms with Crippen molar-refractivity contribution in [2.24, 2.45) is 0 Å². The van der Waals surface area contributed by atoms with Crippen LogP contribution in [0.15, 0.2) is 42.2 Å². The summed E-state index contributed by atoms with van der Waals surface area (Å²) in [4.78, 5) is 0. The molecule has 0 saturated carbocycles. The third-order valence-corrected chi connectivity index (χ3v) is 5.27. The van der Waals surface area contributed by atoms with Crippen molar-refractivity contribution in [1.29, 1.82) is 0 Å². The van der Waals surface area contributed by atoms with Crippen LogP contribution < -0.4 is 0 Å². The molecule has 2 heteroatoms. The quantitative estimate of drug-likeness (QED) is 0.571. The second kappa shape index (κ2) is 7.09. The van der Waals surface area contributed by atoms with Crippen molar-refractivity contribution in [3.05, 3.63) is 47.7 Å². The summed E-state index contributed by atoms with van der Waals surface area (Å²) in [6.07, 6.45) is 11.2. The molecular formula is C21H30O2. The number of rotatable bonds is 8. The summed E-state index contributed by atoms with van der Waals surface area (Å²) in [5.41, 5.74) is 1.03. The van der Waals surface area contributed by atoms with Crippen molar-refractivity contribution in [2.45, 2.75) is 76.4 Å². The maximum atomic E-state index is 6.74. The van der Waals surface area contributed by atoms with Gasteiger partial charge < -0.3 is 9.47 Å². The molecule has 0 aromatic heterocycles. The summed E-state index contributed by atoms with van der Waals surface area (Å²) >= 11 is 0. The first-order chi connectivity index (χ1) is 11.2. The first kappa shape index (κ1) is 16.6. The lowest BCUT2D eigenvalue weighted by atomic mass is 9.87. The first-order valence-electron chi connectivity index (χ1n) is 9.32. The van der Waals surface area contributed by atoms with Crippen molar-refractivity contribution in [1.82, 2.24) is 0 Å². The molecule has 0 aliphatic carbocycles. The zero-order chi connectivity index (χ0) is 16.2. The molecule has 126 valence electrons. The molecule has 1 saturated heterocycles. The van der Waals surface area contributed by atoms with Gasteiger partial charge in [0.15, 0.2) is 0 Å². The number of ether oxygens (including phenoxy) is 2. The van der Waals surface area contributed by atoms with E-state index in [4.69, 9.17) is 9.47 Å². The van der Waals surface area contributed by atoms with Gasteiger partial charge in [-0.25, -0.2) is 0 Å². The average molecular weight is 314 g/mol. The second-order valence-corrected chi connectivity index (χ2v) is 7.12. The number of hydrogen-bond donors (Lipinski definition) is 0. The van der Waals surface area contributed by atoms with E-state index < -0.39 is 0 Å². The van der Waals surface area contributed by atoms with Crippen molar-refractivity contribution in [3.63, 3.8) is 0 Å². The number of fused-ring (bicyclic) bond motifs is 2. The molecule has 1 aromatic rings. The van der Waals surface area contributed by atoms with Crippen LogP contribution >= 0.6 is 0 Å². The minimum absolute atomic E-state index is 0.106. The minimum Gasteiger partial charge on any atom is -0.498 e. The molecule has 0 unspecified atom stereocenters. The zero-order valence-electron chi connectivity index (χ0n) is 14.6. The Balaban J connectivity index is 1.85. The monoisotopic (exact) mass is 314 g/mol. The topological polar surface area (TPSA) is 18.5 Å². The van der Waals surface area contributed by atoms with Gasteiger partial charge in [0.05, 0.1) is 18.0 Å². The van der Waals surface area contributed by atoms with Gasteiger partial charge in [0.2, 0.25) is 0 Å². The van der Waals surface area contributed by atoms with E-state index in [9.17, 15) is 0 Å². The van der Waals surface area contributed by atoms with Gasteiger partial charge in [0.25, 0.3) is 0 Å². The Bertz CT molecular complexity index is 536. The average Bonchev–Trinajstić information content (AvgIpc) is 2.87. The fourth-order valence-corrected chi connectivity index (χ4v) is 3.97. The van der Waals surface area contributed by atoms with E-state index in [0.717, 1.165) is 44.5 Å². The van der Waals surface area contributed by atoms with Crippen LogP contribution in [0.1, 0.15) is 70.8 Å². The Kier molecular flexibility index (Phi) is 5.11. The lowest BCUT2D eigenvalue weighted by molar-refractivity contribution is -0.109. The van der Waals surface area contributed by atoms with Crippen LogP contribution in [0.25, 0.3) is 0 Å². The molecule has 2 atom stereocenters. The van der Waals surface area contributed by atoms with Crippen LogP contribution in [0.5, 0.6) is 0 Å². The summed E-state index contributed by atoms with van der Waals surface area (Å²) in [5, 5.41) is 0. The number of hydrogen-bond acceptors (Lipinski definition) is 2. The zero-order valence-corrected chi connectivity index (χ0v) is 14.6. The molecule has 2 heterocycles. The van der Waals surface area contributed by atoms with Gasteiger partial charge in [-0.3, -0.25) is 0 Å². The smallest absolute Gasteiger partial charge is 0.101 e. The van der Waals surface area contributed by atoms with Gasteiger partial charge in [-0.2, -0.15) is 0 Å². The van der Waals surface area contributed by atoms with E-state index in [1.807, 2.05) is 0 Å². The van der Waals surface area contributed by atoms with E-state index >= 15 is 0 Å². The highest BCUT2D eigenvalue weighted by Crippen LogP contribution is 2.54. The first-order valence-corrected chi connectivity index (χ1v) is 9.32. The third-order valence-electron chi connectivity index (χ3n) is 5.27. The van der Waals surface area contributed by atoms with Gasteiger partial charge in [-0.05, 0) is 37.3 Å². The molecule has 0 radical (unpaired) electrons. The van der Waals surface area contributed by atoms with Gasteiger partial charge in [-0.15, -0.1) is 0 Å². The number of unbranched alkanes of at least 4 members (excludes halogenated alkanes) is 2. The van der Waals surface area contributed by atoms with Crippen LogP contribution in [-0.2, 0) is 15.1 Å². The third kappa shape index (κ3) is 3.47. The van der Waals surface area contributed by atoms with Crippen molar-refractivity contribution < 1.29 is 9.47 Å². The Morgan fingerprint density at radius 2 is 1.83 bits per heavy atom. The molecule has 2 bridgehead atoms. The molecule has 0 N–H and O–H groups in total. The molecule has 0 amide bonds. The van der Waals surface area contributed by atoms with Gasteiger partial charge in [0, 0.05) is 6.42 Å². The summed E-state index contributed by atoms with van der Waals surface area (Å²) < 4.78 is 12.9. The van der Waals surface area contributed by atoms with Crippen LogP contribution in [0.2, 0.25) is 0 Å². The van der Waals surface area contributed by atoms with E-state index in [-0.39, 0.29) is 11.2 Å². The standard InChI is InChI=1S/C21H30O2/c1-3-5-12-20-13-14-21(23-20,18-10-8-7-9-11-18)17-19(16-20)22-15-6-4-2/h7-11,16H,3-6,12-15,17H2,1-2H3/t20-,21+/m0/s1. The van der Waals surface area contributed by atoms with Crippen LogP contribution in [-0.4, -0.2) is 12.2 Å². The molecule has 1 aromatic carbocycles. The maximum Gasteiger partial charge on any atom is 0.101 e. The maximum absolute atomic E-state index is 6.74. The van der Waals surface area contributed by atoms with Crippen molar-refractivity contribution >= 4 is 0 Å². The van der Waals surface area contributed by atoms with Crippen LogP contribution in [0.4, 0.5) is 0 Å². The summed E-state index contributed by atoms with van der Waals surface area (Å²) in [6.45, 7) is 5.29.